The number of nitrogens with zero attached hydrogens (tertiary/aromatic N) is 2. The number of pyridine rings is 2. The predicted molar refractivity (Wildman–Crippen MR) is 126 cm³/mol. The van der Waals surface area contributed by atoms with Gasteiger partial charge in [-0.15, -0.1) is 0 Å². The number of esters is 1. The average Bonchev–Trinajstić information content (AvgIpc) is 3.22. The van der Waals surface area contributed by atoms with Gasteiger partial charge in [0.2, 0.25) is 0 Å². The number of fused-ring (bicyclic) bond motifs is 5. The number of aryl methyl sites for hydroxylation is 1. The lowest BCUT2D eigenvalue weighted by atomic mass is 9.86. The number of aliphatic carboxylic acids is 1. The average molecular weight is 493 g/mol. The number of nitrogens with one attached hydrogen (secondary N) is 1. The summed E-state index contributed by atoms with van der Waals surface area (Å²) in [5.41, 5.74) is 1.70. The highest BCUT2D eigenvalue weighted by Gasteiger charge is 2.45. The van der Waals surface area contributed by atoms with Crippen LogP contribution in [0.5, 0.6) is 5.75 Å². The van der Waals surface area contributed by atoms with Crippen LogP contribution in [0.25, 0.3) is 22.3 Å². The fraction of sp³-hybridized carbons (Fsp3) is 0.320. The van der Waals surface area contributed by atoms with Gasteiger partial charge in [-0.1, -0.05) is 13.8 Å². The van der Waals surface area contributed by atoms with Gasteiger partial charge in [0, 0.05) is 16.5 Å². The van der Waals surface area contributed by atoms with Crippen molar-refractivity contribution in [3.8, 4) is 17.1 Å². The van der Waals surface area contributed by atoms with Crippen molar-refractivity contribution < 1.29 is 34.1 Å². The summed E-state index contributed by atoms with van der Waals surface area (Å²) in [6, 6.07) is 6.53. The van der Waals surface area contributed by atoms with E-state index >= 15 is 0 Å². The molecule has 0 unspecified atom stereocenters. The Hall–Kier alpha value is -4.25. The summed E-state index contributed by atoms with van der Waals surface area (Å²) in [5, 5.41) is 22.6. The van der Waals surface area contributed by atoms with Gasteiger partial charge in [0.05, 0.1) is 29.0 Å². The summed E-state index contributed by atoms with van der Waals surface area (Å²) in [4.78, 5) is 53.1. The number of carboxylic acid groups (broad SMARTS) is 1. The number of amides is 1. The van der Waals surface area contributed by atoms with Crippen molar-refractivity contribution in [2.24, 2.45) is 0 Å². The van der Waals surface area contributed by atoms with Gasteiger partial charge in [-0.3, -0.25) is 9.59 Å². The second kappa shape index (κ2) is 8.45. The van der Waals surface area contributed by atoms with Gasteiger partial charge >= 0.3 is 18.0 Å². The molecule has 0 spiro atoms. The van der Waals surface area contributed by atoms with Gasteiger partial charge in [-0.05, 0) is 42.7 Å². The number of carboxylic acids is 1. The monoisotopic (exact) mass is 493 g/mol. The zero-order chi connectivity index (χ0) is 25.8. The zero-order valence-corrected chi connectivity index (χ0v) is 19.6. The molecule has 1 aromatic carbocycles. The van der Waals surface area contributed by atoms with E-state index in [1.165, 1.54) is 0 Å². The number of aliphatic hydroxyl groups is 1. The highest BCUT2D eigenvalue weighted by molar-refractivity contribution is 5.90. The second-order valence-corrected chi connectivity index (χ2v) is 8.69. The second-order valence-electron chi connectivity index (χ2n) is 8.69. The van der Waals surface area contributed by atoms with Crippen LogP contribution < -0.4 is 15.6 Å². The Morgan fingerprint density at radius 1 is 1.22 bits per heavy atom. The molecule has 1 amide bonds. The van der Waals surface area contributed by atoms with Gasteiger partial charge in [0.15, 0.2) is 5.60 Å². The largest absolute Gasteiger partial charge is 0.480 e. The maximum absolute atomic E-state index is 13.4. The summed E-state index contributed by atoms with van der Waals surface area (Å²) < 4.78 is 11.9. The summed E-state index contributed by atoms with van der Waals surface area (Å²) in [5.74, 6) is -1.75. The van der Waals surface area contributed by atoms with E-state index in [4.69, 9.17) is 19.6 Å². The number of carbonyl (C=O) groups excluding carboxylic acids is 2. The maximum Gasteiger partial charge on any atom is 0.413 e. The van der Waals surface area contributed by atoms with E-state index in [0.717, 1.165) is 16.5 Å². The number of carbonyl (C=O) groups is 3. The molecule has 0 saturated heterocycles. The molecule has 1 atom stereocenters. The molecule has 5 rings (SSSR count). The predicted octanol–water partition coefficient (Wildman–Crippen LogP) is 1.81. The molecule has 4 heterocycles. The maximum atomic E-state index is 13.4. The van der Waals surface area contributed by atoms with Gasteiger partial charge in [0.1, 0.15) is 18.9 Å². The third-order valence-electron chi connectivity index (χ3n) is 6.73. The Kier molecular flexibility index (Phi) is 5.51. The first-order chi connectivity index (χ1) is 17.2. The first-order valence-corrected chi connectivity index (χ1v) is 11.5. The van der Waals surface area contributed by atoms with Crippen LogP contribution in [0.1, 0.15) is 42.5 Å². The number of cyclic esters (lactones) is 1. The van der Waals surface area contributed by atoms with Crippen LogP contribution in [0.2, 0.25) is 0 Å². The van der Waals surface area contributed by atoms with Gasteiger partial charge < -0.3 is 29.6 Å². The molecule has 2 aromatic heterocycles. The van der Waals surface area contributed by atoms with Crippen molar-refractivity contribution in [1.29, 1.82) is 0 Å². The number of hydrogen-bond acceptors (Lipinski definition) is 8. The molecule has 0 radical (unpaired) electrons. The lowest BCUT2D eigenvalue weighted by molar-refractivity contribution is -0.172. The first-order valence-electron chi connectivity index (χ1n) is 11.5. The number of rotatable bonds is 5. The van der Waals surface area contributed by atoms with E-state index in [1.807, 2.05) is 6.92 Å². The zero-order valence-electron chi connectivity index (χ0n) is 19.6. The Morgan fingerprint density at radius 3 is 2.69 bits per heavy atom. The molecule has 36 heavy (non-hydrogen) atoms. The topological polar surface area (TPSA) is 157 Å². The van der Waals surface area contributed by atoms with Crippen molar-refractivity contribution in [1.82, 2.24) is 14.9 Å². The molecule has 0 saturated carbocycles. The van der Waals surface area contributed by atoms with Crippen LogP contribution in [-0.4, -0.2) is 44.3 Å². The van der Waals surface area contributed by atoms with Crippen LogP contribution in [-0.2, 0) is 39.5 Å². The minimum Gasteiger partial charge on any atom is -0.480 e. The molecular weight excluding hydrogens is 470 g/mol. The van der Waals surface area contributed by atoms with Crippen molar-refractivity contribution in [3.63, 3.8) is 0 Å². The summed E-state index contributed by atoms with van der Waals surface area (Å²) in [6.07, 6.45) is -0.240. The van der Waals surface area contributed by atoms with Gasteiger partial charge in [0.25, 0.3) is 5.56 Å². The molecular formula is C25H23N3O8. The summed E-state index contributed by atoms with van der Waals surface area (Å²) in [7, 11) is 0. The third kappa shape index (κ3) is 3.51. The van der Waals surface area contributed by atoms with Crippen molar-refractivity contribution in [2.75, 3.05) is 6.54 Å². The van der Waals surface area contributed by atoms with E-state index in [9.17, 15) is 24.3 Å². The van der Waals surface area contributed by atoms with E-state index in [-0.39, 0.29) is 42.0 Å². The fourth-order valence-electron chi connectivity index (χ4n) is 4.90. The SMILES string of the molecule is CCc1c2c(nc3ccc(OC(=O)NCC(=O)O)cc13)-c1cc3c(c(=O)n1C2)COC(=O)[C@]3(O)CC. The van der Waals surface area contributed by atoms with Crippen molar-refractivity contribution >= 4 is 28.9 Å². The molecule has 0 aliphatic carbocycles. The van der Waals surface area contributed by atoms with Crippen LogP contribution in [0.15, 0.2) is 29.1 Å². The number of aromatic nitrogens is 2. The smallest absolute Gasteiger partial charge is 0.413 e. The lowest BCUT2D eigenvalue weighted by Crippen LogP contribution is -2.44. The normalized spacial score (nSPS) is 17.7. The van der Waals surface area contributed by atoms with Gasteiger partial charge in [-0.2, -0.15) is 0 Å². The third-order valence-corrected chi connectivity index (χ3v) is 6.73. The molecule has 11 heteroatoms. The molecule has 11 nitrogen and oxygen atoms in total. The molecule has 186 valence electrons. The van der Waals surface area contributed by atoms with E-state index in [1.54, 1.807) is 35.8 Å². The molecule has 3 aromatic rings. The van der Waals surface area contributed by atoms with E-state index < -0.39 is 30.2 Å². The Labute approximate surface area is 204 Å². The molecule has 0 bridgehead atoms. The molecule has 2 aliphatic heterocycles. The van der Waals surface area contributed by atoms with E-state index in [2.05, 4.69) is 5.32 Å². The summed E-state index contributed by atoms with van der Waals surface area (Å²) in [6.45, 7) is 3.10. The molecule has 3 N–H and O–H groups in total. The number of hydrogen-bond donors (Lipinski definition) is 3. The van der Waals surface area contributed by atoms with Crippen LogP contribution in [0, 0.1) is 0 Å². The Bertz CT molecular complexity index is 1530. The fourth-order valence-corrected chi connectivity index (χ4v) is 4.90. The number of benzene rings is 1. The van der Waals surface area contributed by atoms with Gasteiger partial charge in [-0.25, -0.2) is 14.6 Å². The van der Waals surface area contributed by atoms with Crippen LogP contribution in [0.4, 0.5) is 4.79 Å². The molecule has 0 fully saturated rings. The standard InChI is InChI=1S/C25H23N3O8/c1-3-13-14-7-12(36-24(33)26-9-20(29)30)5-6-18(14)27-21-15(13)10-28-19(21)8-17-16(22(28)31)11-35-23(32)25(17,34)4-2/h5-8,34H,3-4,9-11H2,1-2H3,(H,26,33)(H,29,30)/t25-/m0/s1. The Balaban J connectivity index is 1.62. The van der Waals surface area contributed by atoms with Crippen LogP contribution in [0.3, 0.4) is 0 Å². The first kappa shape index (κ1) is 23.5. The quantitative estimate of drug-likeness (QED) is 0.353. The minimum absolute atomic E-state index is 0.0583. The van der Waals surface area contributed by atoms with E-state index in [0.29, 0.717) is 23.3 Å². The molecule has 2 aliphatic rings. The number of ether oxygens (including phenoxy) is 2. The highest BCUT2D eigenvalue weighted by atomic mass is 16.6. The van der Waals surface area contributed by atoms with Crippen molar-refractivity contribution in [2.45, 2.75) is 45.4 Å². The highest BCUT2D eigenvalue weighted by Crippen LogP contribution is 2.40. The van der Waals surface area contributed by atoms with Crippen LogP contribution >= 0.6 is 0 Å². The Morgan fingerprint density at radius 2 is 2.00 bits per heavy atom. The summed E-state index contributed by atoms with van der Waals surface area (Å²) >= 11 is 0. The van der Waals surface area contributed by atoms with Crippen molar-refractivity contribution in [3.05, 3.63) is 56.9 Å². The minimum atomic E-state index is -1.90. The lowest BCUT2D eigenvalue weighted by Gasteiger charge is -2.31.